The van der Waals surface area contributed by atoms with Crippen molar-refractivity contribution in [2.45, 2.75) is 13.5 Å². The summed E-state index contributed by atoms with van der Waals surface area (Å²) in [5, 5.41) is 3.81. The third-order valence-electron chi connectivity index (χ3n) is 4.39. The number of fused-ring (bicyclic) bond motifs is 1. The monoisotopic (exact) mass is 376 g/mol. The van der Waals surface area contributed by atoms with Gasteiger partial charge in [0.2, 0.25) is 17.8 Å². The van der Waals surface area contributed by atoms with Crippen LogP contribution in [-0.4, -0.2) is 25.4 Å². The Labute approximate surface area is 160 Å². The van der Waals surface area contributed by atoms with E-state index in [4.69, 9.17) is 5.73 Å². The molecule has 0 bridgehead atoms. The number of hydrogen-bond acceptors (Lipinski definition) is 5. The lowest BCUT2D eigenvalue weighted by atomic mass is 10.1. The zero-order valence-electron chi connectivity index (χ0n) is 15.1. The number of carbonyl (C=O) groups excluding carboxylic acids is 1. The molecule has 4 rings (SSSR count). The number of nitrogens with one attached hydrogen (secondary N) is 1. The zero-order valence-corrected chi connectivity index (χ0v) is 15.1. The molecule has 0 aliphatic carbocycles. The van der Waals surface area contributed by atoms with Crippen LogP contribution in [0.1, 0.15) is 21.6 Å². The smallest absolute Gasteiger partial charge is 0.249 e. The second kappa shape index (κ2) is 7.07. The van der Waals surface area contributed by atoms with E-state index in [0.717, 1.165) is 22.2 Å². The quantitative estimate of drug-likeness (QED) is 0.558. The Morgan fingerprint density at radius 1 is 1.18 bits per heavy atom. The average Bonchev–Trinajstić information content (AvgIpc) is 3.02. The molecule has 8 heteroatoms. The van der Waals surface area contributed by atoms with Gasteiger partial charge in [0, 0.05) is 23.2 Å². The van der Waals surface area contributed by atoms with E-state index in [-0.39, 0.29) is 5.82 Å². The molecule has 2 aromatic carbocycles. The number of nitrogens with zero attached hydrogens (tertiary/aromatic N) is 4. The van der Waals surface area contributed by atoms with Gasteiger partial charge in [0.05, 0.1) is 5.52 Å². The summed E-state index contributed by atoms with van der Waals surface area (Å²) in [4.78, 5) is 24.6. The van der Waals surface area contributed by atoms with Gasteiger partial charge in [0.15, 0.2) is 0 Å². The third-order valence-corrected chi connectivity index (χ3v) is 4.39. The van der Waals surface area contributed by atoms with E-state index in [1.807, 2.05) is 29.7 Å². The molecule has 0 saturated carbocycles. The van der Waals surface area contributed by atoms with Gasteiger partial charge >= 0.3 is 0 Å². The first kappa shape index (κ1) is 17.6. The summed E-state index contributed by atoms with van der Waals surface area (Å²) in [6.07, 6.45) is 1.40. The van der Waals surface area contributed by atoms with Crippen LogP contribution in [0.4, 0.5) is 10.3 Å². The number of hydrogen-bond donors (Lipinski definition) is 2. The Kier molecular flexibility index (Phi) is 4.44. The van der Waals surface area contributed by atoms with Crippen molar-refractivity contribution in [3.8, 4) is 5.95 Å². The molecule has 4 aromatic rings. The van der Waals surface area contributed by atoms with Gasteiger partial charge < -0.3 is 11.1 Å². The van der Waals surface area contributed by atoms with Crippen LogP contribution in [-0.2, 0) is 6.54 Å². The number of halogens is 1. The molecule has 0 radical (unpaired) electrons. The molecule has 2 heterocycles. The number of amides is 1. The molecule has 1 amide bonds. The maximum atomic E-state index is 13.3. The summed E-state index contributed by atoms with van der Waals surface area (Å²) in [6, 6.07) is 13.5. The number of nitrogens with two attached hydrogens (primary N) is 1. The van der Waals surface area contributed by atoms with Gasteiger partial charge in [-0.1, -0.05) is 18.2 Å². The van der Waals surface area contributed by atoms with Gasteiger partial charge in [-0.3, -0.25) is 9.36 Å². The first-order valence-electron chi connectivity index (χ1n) is 8.61. The standard InChI is InChI=1S/C20H17FN6O/c1-12-8-16-15(18(22)28)6-3-7-17(16)27(12)20-25-11-24-19(26-20)23-10-13-4-2-5-14(21)9-13/h2-9,11H,10H2,1H3,(H2,22,28)(H,23,24,25,26). The summed E-state index contributed by atoms with van der Waals surface area (Å²) in [5.74, 6) is -0.0152. The summed E-state index contributed by atoms with van der Waals surface area (Å²) in [6.45, 7) is 2.27. The summed E-state index contributed by atoms with van der Waals surface area (Å²) >= 11 is 0. The highest BCUT2D eigenvalue weighted by Crippen LogP contribution is 2.25. The van der Waals surface area contributed by atoms with Crippen LogP contribution in [0, 0.1) is 12.7 Å². The van der Waals surface area contributed by atoms with Crippen LogP contribution in [0.2, 0.25) is 0 Å². The lowest BCUT2D eigenvalue weighted by Gasteiger charge is -2.09. The van der Waals surface area contributed by atoms with E-state index < -0.39 is 5.91 Å². The minimum absolute atomic E-state index is 0.296. The van der Waals surface area contributed by atoms with Gasteiger partial charge in [0.25, 0.3) is 0 Å². The molecular formula is C20H17FN6O. The topological polar surface area (TPSA) is 98.7 Å². The molecule has 0 saturated heterocycles. The first-order valence-corrected chi connectivity index (χ1v) is 8.61. The highest BCUT2D eigenvalue weighted by atomic mass is 19.1. The predicted molar refractivity (Wildman–Crippen MR) is 104 cm³/mol. The van der Waals surface area contributed by atoms with Crippen molar-refractivity contribution in [1.29, 1.82) is 0 Å². The van der Waals surface area contributed by atoms with Crippen molar-refractivity contribution in [2.75, 3.05) is 5.32 Å². The molecule has 0 atom stereocenters. The van der Waals surface area contributed by atoms with E-state index in [1.54, 1.807) is 18.2 Å². The fraction of sp³-hybridized carbons (Fsp3) is 0.100. The summed E-state index contributed by atoms with van der Waals surface area (Å²) in [5.41, 5.74) is 8.32. The molecular weight excluding hydrogens is 359 g/mol. The third kappa shape index (κ3) is 3.27. The van der Waals surface area contributed by atoms with Crippen molar-refractivity contribution in [1.82, 2.24) is 19.5 Å². The van der Waals surface area contributed by atoms with E-state index in [1.165, 1.54) is 18.5 Å². The zero-order chi connectivity index (χ0) is 19.7. The Bertz CT molecular complexity index is 1190. The number of benzene rings is 2. The number of anilines is 1. The number of rotatable bonds is 5. The Hall–Kier alpha value is -3.81. The second-order valence-electron chi connectivity index (χ2n) is 6.32. The SMILES string of the molecule is Cc1cc2c(C(N)=O)cccc2n1-c1ncnc(NCc2cccc(F)c2)n1. The first-order chi connectivity index (χ1) is 13.5. The molecule has 140 valence electrons. The van der Waals surface area contributed by atoms with E-state index >= 15 is 0 Å². The minimum atomic E-state index is -0.490. The van der Waals surface area contributed by atoms with E-state index in [2.05, 4.69) is 20.3 Å². The van der Waals surface area contributed by atoms with Crippen molar-refractivity contribution in [3.63, 3.8) is 0 Å². The molecule has 0 unspecified atom stereocenters. The molecule has 0 aliphatic heterocycles. The molecule has 0 spiro atoms. The number of aromatic nitrogens is 4. The summed E-state index contributed by atoms with van der Waals surface area (Å²) in [7, 11) is 0. The fourth-order valence-electron chi connectivity index (χ4n) is 3.15. The normalized spacial score (nSPS) is 10.9. The second-order valence-corrected chi connectivity index (χ2v) is 6.32. The average molecular weight is 376 g/mol. The Morgan fingerprint density at radius 2 is 2.00 bits per heavy atom. The van der Waals surface area contributed by atoms with Crippen molar-refractivity contribution in [2.24, 2.45) is 5.73 Å². The van der Waals surface area contributed by atoms with Crippen LogP contribution in [0.15, 0.2) is 54.9 Å². The van der Waals surface area contributed by atoms with Crippen LogP contribution in [0.25, 0.3) is 16.9 Å². The molecule has 2 aromatic heterocycles. The maximum Gasteiger partial charge on any atom is 0.249 e. The van der Waals surface area contributed by atoms with Crippen molar-refractivity contribution >= 4 is 22.8 Å². The van der Waals surface area contributed by atoms with Crippen LogP contribution < -0.4 is 11.1 Å². The largest absolute Gasteiger partial charge is 0.366 e. The van der Waals surface area contributed by atoms with Crippen molar-refractivity contribution in [3.05, 3.63) is 77.5 Å². The van der Waals surface area contributed by atoms with E-state index in [9.17, 15) is 9.18 Å². The number of carbonyl (C=O) groups is 1. The van der Waals surface area contributed by atoms with Gasteiger partial charge in [-0.2, -0.15) is 4.98 Å². The Morgan fingerprint density at radius 3 is 2.79 bits per heavy atom. The molecule has 0 fully saturated rings. The lowest BCUT2D eigenvalue weighted by molar-refractivity contribution is 0.100. The van der Waals surface area contributed by atoms with Gasteiger partial charge in [-0.15, -0.1) is 0 Å². The van der Waals surface area contributed by atoms with Crippen LogP contribution in [0.3, 0.4) is 0 Å². The molecule has 28 heavy (non-hydrogen) atoms. The molecule has 3 N–H and O–H groups in total. The highest BCUT2D eigenvalue weighted by Gasteiger charge is 2.15. The summed E-state index contributed by atoms with van der Waals surface area (Å²) < 4.78 is 15.2. The van der Waals surface area contributed by atoms with Crippen molar-refractivity contribution < 1.29 is 9.18 Å². The lowest BCUT2D eigenvalue weighted by Crippen LogP contribution is -2.11. The molecule has 7 nitrogen and oxygen atoms in total. The minimum Gasteiger partial charge on any atom is -0.366 e. The van der Waals surface area contributed by atoms with Crippen LogP contribution in [0.5, 0.6) is 0 Å². The number of primary amides is 1. The predicted octanol–water partition coefficient (Wildman–Crippen LogP) is 2.97. The highest BCUT2D eigenvalue weighted by molar-refractivity contribution is 6.06. The van der Waals surface area contributed by atoms with Crippen LogP contribution >= 0.6 is 0 Å². The van der Waals surface area contributed by atoms with E-state index in [0.29, 0.717) is 24.0 Å². The van der Waals surface area contributed by atoms with Gasteiger partial charge in [-0.05, 0) is 42.8 Å². The Balaban J connectivity index is 1.69. The van der Waals surface area contributed by atoms with Gasteiger partial charge in [0.1, 0.15) is 12.1 Å². The number of aryl methyl sites for hydroxylation is 1. The maximum absolute atomic E-state index is 13.3. The fourth-order valence-corrected chi connectivity index (χ4v) is 3.15. The molecule has 0 aliphatic rings. The van der Waals surface area contributed by atoms with Gasteiger partial charge in [-0.25, -0.2) is 14.4 Å².